The van der Waals surface area contributed by atoms with E-state index in [1.807, 2.05) is 31.2 Å². The fourth-order valence-corrected chi connectivity index (χ4v) is 3.77. The molecule has 5 rings (SSSR count). The van der Waals surface area contributed by atoms with Gasteiger partial charge in [0, 0.05) is 53.4 Å². The quantitative estimate of drug-likeness (QED) is 0.546. The molecule has 1 aliphatic heterocycles. The first kappa shape index (κ1) is 18.8. The zero-order valence-electron chi connectivity index (χ0n) is 16.3. The summed E-state index contributed by atoms with van der Waals surface area (Å²) in [6.45, 7) is 4.77. The minimum absolute atomic E-state index is 0.199. The van der Waals surface area contributed by atoms with Gasteiger partial charge in [0.05, 0.1) is 18.9 Å². The van der Waals surface area contributed by atoms with Crippen molar-refractivity contribution in [2.45, 2.75) is 6.92 Å². The van der Waals surface area contributed by atoms with Gasteiger partial charge in [-0.15, -0.1) is 0 Å². The van der Waals surface area contributed by atoms with E-state index in [9.17, 15) is 4.79 Å². The summed E-state index contributed by atoms with van der Waals surface area (Å²) in [7, 11) is 0. The maximum absolute atomic E-state index is 12.7. The molecular formula is C21H19ClN6O2. The molecule has 4 aromatic rings. The number of halogens is 1. The zero-order chi connectivity index (χ0) is 20.7. The first-order valence-electron chi connectivity index (χ1n) is 9.63. The second kappa shape index (κ2) is 7.55. The molecule has 0 bridgehead atoms. The number of aromatic nitrogens is 5. The molecule has 1 aromatic carbocycles. The lowest BCUT2D eigenvalue weighted by atomic mass is 10.1. The minimum Gasteiger partial charge on any atom is -0.378 e. The Hall–Kier alpha value is -3.23. The summed E-state index contributed by atoms with van der Waals surface area (Å²) in [6, 6.07) is 8.96. The Labute approximate surface area is 177 Å². The second-order valence-corrected chi connectivity index (χ2v) is 7.56. The molecule has 0 atom stereocenters. The molecule has 30 heavy (non-hydrogen) atoms. The van der Waals surface area contributed by atoms with Crippen LogP contribution in [0.3, 0.4) is 0 Å². The third-order valence-electron chi connectivity index (χ3n) is 5.16. The smallest absolute Gasteiger partial charge is 0.273 e. The number of aromatic amines is 1. The Morgan fingerprint density at radius 2 is 1.77 bits per heavy atom. The molecule has 1 saturated heterocycles. The summed E-state index contributed by atoms with van der Waals surface area (Å²) in [6.07, 6.45) is 3.41. The molecule has 8 nitrogen and oxygen atoms in total. The van der Waals surface area contributed by atoms with Crippen LogP contribution in [0, 0.1) is 6.92 Å². The van der Waals surface area contributed by atoms with E-state index < -0.39 is 0 Å². The first-order valence-corrected chi connectivity index (χ1v) is 10.0. The number of hydrogen-bond donors (Lipinski definition) is 1. The van der Waals surface area contributed by atoms with Crippen LogP contribution < -0.4 is 10.5 Å². The topological polar surface area (TPSA) is 88.4 Å². The SMILES string of the molecule is Cc1[nH]n2c(=O)cc(-c3cnc(N4CCOCC4)nc3)nc2c1-c1ccc(Cl)cc1. The number of morpholine rings is 1. The maximum atomic E-state index is 12.7. The number of anilines is 1. The van der Waals surface area contributed by atoms with Gasteiger partial charge in [0.15, 0.2) is 5.65 Å². The van der Waals surface area contributed by atoms with Crippen molar-refractivity contribution < 1.29 is 4.74 Å². The Bertz CT molecular complexity index is 1260. The third kappa shape index (κ3) is 3.34. The van der Waals surface area contributed by atoms with E-state index in [2.05, 4.69) is 20.0 Å². The van der Waals surface area contributed by atoms with Crippen LogP contribution in [0.2, 0.25) is 5.02 Å². The average molecular weight is 423 g/mol. The molecule has 0 aliphatic carbocycles. The maximum Gasteiger partial charge on any atom is 0.273 e. The van der Waals surface area contributed by atoms with Crippen molar-refractivity contribution >= 4 is 23.2 Å². The Morgan fingerprint density at radius 1 is 1.07 bits per heavy atom. The van der Waals surface area contributed by atoms with Crippen molar-refractivity contribution in [2.75, 3.05) is 31.2 Å². The van der Waals surface area contributed by atoms with Crippen LogP contribution in [-0.2, 0) is 4.74 Å². The highest BCUT2D eigenvalue weighted by Gasteiger charge is 2.17. The van der Waals surface area contributed by atoms with Gasteiger partial charge in [-0.3, -0.25) is 9.89 Å². The van der Waals surface area contributed by atoms with E-state index in [0.717, 1.165) is 29.9 Å². The highest BCUT2D eigenvalue weighted by molar-refractivity contribution is 6.30. The fourth-order valence-electron chi connectivity index (χ4n) is 3.64. The van der Waals surface area contributed by atoms with Crippen LogP contribution in [-0.4, -0.2) is 50.9 Å². The van der Waals surface area contributed by atoms with Crippen LogP contribution in [0.15, 0.2) is 47.5 Å². The molecule has 0 amide bonds. The summed E-state index contributed by atoms with van der Waals surface area (Å²) in [5.74, 6) is 0.652. The van der Waals surface area contributed by atoms with Gasteiger partial charge in [-0.25, -0.2) is 19.5 Å². The van der Waals surface area contributed by atoms with Gasteiger partial charge < -0.3 is 9.64 Å². The van der Waals surface area contributed by atoms with Gasteiger partial charge in [-0.05, 0) is 24.6 Å². The van der Waals surface area contributed by atoms with E-state index in [4.69, 9.17) is 21.3 Å². The summed E-state index contributed by atoms with van der Waals surface area (Å²) in [5, 5.41) is 3.75. The van der Waals surface area contributed by atoms with Crippen LogP contribution in [0.25, 0.3) is 28.0 Å². The van der Waals surface area contributed by atoms with Crippen LogP contribution in [0.4, 0.5) is 5.95 Å². The van der Waals surface area contributed by atoms with Crippen molar-refractivity contribution in [3.63, 3.8) is 0 Å². The highest BCUT2D eigenvalue weighted by atomic mass is 35.5. The molecular weight excluding hydrogens is 404 g/mol. The van der Waals surface area contributed by atoms with Gasteiger partial charge in [-0.1, -0.05) is 23.7 Å². The molecule has 1 fully saturated rings. The van der Waals surface area contributed by atoms with E-state index in [-0.39, 0.29) is 5.56 Å². The summed E-state index contributed by atoms with van der Waals surface area (Å²) >= 11 is 6.03. The second-order valence-electron chi connectivity index (χ2n) is 7.13. The lowest BCUT2D eigenvalue weighted by molar-refractivity contribution is 0.122. The van der Waals surface area contributed by atoms with E-state index >= 15 is 0 Å². The predicted molar refractivity (Wildman–Crippen MR) is 115 cm³/mol. The third-order valence-corrected chi connectivity index (χ3v) is 5.41. The predicted octanol–water partition coefficient (Wildman–Crippen LogP) is 2.95. The van der Waals surface area contributed by atoms with Gasteiger partial charge >= 0.3 is 0 Å². The number of benzene rings is 1. The van der Waals surface area contributed by atoms with Crippen molar-refractivity contribution in [1.82, 2.24) is 24.6 Å². The Morgan fingerprint density at radius 3 is 2.47 bits per heavy atom. The molecule has 1 N–H and O–H groups in total. The minimum atomic E-state index is -0.199. The largest absolute Gasteiger partial charge is 0.378 e. The van der Waals surface area contributed by atoms with E-state index in [1.54, 1.807) is 12.4 Å². The Kier molecular flexibility index (Phi) is 4.72. The number of aryl methyl sites for hydroxylation is 1. The molecule has 3 aromatic heterocycles. The molecule has 1 aliphatic rings. The van der Waals surface area contributed by atoms with Crippen LogP contribution >= 0.6 is 11.6 Å². The molecule has 0 saturated carbocycles. The van der Waals surface area contributed by atoms with E-state index in [0.29, 0.717) is 41.1 Å². The van der Waals surface area contributed by atoms with Gasteiger partial charge in [0.2, 0.25) is 5.95 Å². The number of nitrogens with zero attached hydrogens (tertiary/aromatic N) is 5. The number of rotatable bonds is 3. The monoisotopic (exact) mass is 422 g/mol. The summed E-state index contributed by atoms with van der Waals surface area (Å²) in [4.78, 5) is 28.5. The zero-order valence-corrected chi connectivity index (χ0v) is 17.1. The van der Waals surface area contributed by atoms with Crippen molar-refractivity contribution in [3.8, 4) is 22.4 Å². The fraction of sp³-hybridized carbons (Fsp3) is 0.238. The van der Waals surface area contributed by atoms with Crippen molar-refractivity contribution in [2.24, 2.45) is 0 Å². The van der Waals surface area contributed by atoms with Crippen LogP contribution in [0.1, 0.15) is 5.69 Å². The highest BCUT2D eigenvalue weighted by Crippen LogP contribution is 2.28. The lowest BCUT2D eigenvalue weighted by Crippen LogP contribution is -2.37. The normalized spacial score (nSPS) is 14.4. The number of fused-ring (bicyclic) bond motifs is 1. The van der Waals surface area contributed by atoms with Gasteiger partial charge in [0.25, 0.3) is 5.56 Å². The number of H-pyrrole nitrogens is 1. The Balaban J connectivity index is 1.58. The van der Waals surface area contributed by atoms with Gasteiger partial charge in [-0.2, -0.15) is 0 Å². The molecule has 0 spiro atoms. The molecule has 4 heterocycles. The molecule has 9 heteroatoms. The molecule has 152 valence electrons. The van der Waals surface area contributed by atoms with Crippen molar-refractivity contribution in [1.29, 1.82) is 0 Å². The van der Waals surface area contributed by atoms with Crippen LogP contribution in [0.5, 0.6) is 0 Å². The number of ether oxygens (including phenoxy) is 1. The first-order chi connectivity index (χ1) is 14.6. The number of hydrogen-bond acceptors (Lipinski definition) is 6. The average Bonchev–Trinajstić information content (AvgIpc) is 3.12. The molecule has 0 radical (unpaired) electrons. The van der Waals surface area contributed by atoms with Crippen molar-refractivity contribution in [3.05, 3.63) is 63.8 Å². The lowest BCUT2D eigenvalue weighted by Gasteiger charge is -2.26. The summed E-state index contributed by atoms with van der Waals surface area (Å²) < 4.78 is 6.82. The standard InChI is InChI=1S/C21H19ClN6O2/c1-13-19(14-2-4-16(22)5-3-14)20-25-17(10-18(29)28(20)26-13)15-11-23-21(24-12-15)27-6-8-30-9-7-27/h2-5,10-12,26H,6-9H2,1H3. The summed E-state index contributed by atoms with van der Waals surface area (Å²) in [5.41, 5.74) is 4.20. The van der Waals surface area contributed by atoms with Gasteiger partial charge in [0.1, 0.15) is 0 Å². The molecule has 0 unspecified atom stereocenters. The number of nitrogens with one attached hydrogen (secondary N) is 1. The van der Waals surface area contributed by atoms with E-state index in [1.165, 1.54) is 10.6 Å².